The SMILES string of the molecule is CC(C)NCc1cccc(F)c1N1CCOCC1C. The van der Waals surface area contributed by atoms with Crippen LogP contribution in [0, 0.1) is 5.82 Å². The molecule has 19 heavy (non-hydrogen) atoms. The summed E-state index contributed by atoms with van der Waals surface area (Å²) in [6.07, 6.45) is 0. The van der Waals surface area contributed by atoms with Crippen LogP contribution in [0.3, 0.4) is 0 Å². The van der Waals surface area contributed by atoms with Crippen LogP contribution in [0.4, 0.5) is 10.1 Å². The van der Waals surface area contributed by atoms with E-state index in [2.05, 4.69) is 31.0 Å². The third-order valence-electron chi connectivity index (χ3n) is 3.43. The quantitative estimate of drug-likeness (QED) is 0.906. The van der Waals surface area contributed by atoms with Crippen molar-refractivity contribution in [3.05, 3.63) is 29.6 Å². The number of para-hydroxylation sites is 1. The first-order valence-corrected chi connectivity index (χ1v) is 6.94. The zero-order chi connectivity index (χ0) is 13.8. The van der Waals surface area contributed by atoms with E-state index in [4.69, 9.17) is 4.74 Å². The highest BCUT2D eigenvalue weighted by Crippen LogP contribution is 2.27. The predicted octanol–water partition coefficient (Wildman–Crippen LogP) is 2.55. The Kier molecular flexibility index (Phi) is 4.77. The molecule has 1 aromatic rings. The Hall–Kier alpha value is -1.13. The number of morpholine rings is 1. The summed E-state index contributed by atoms with van der Waals surface area (Å²) < 4.78 is 19.7. The molecular formula is C15H23FN2O. The van der Waals surface area contributed by atoms with Gasteiger partial charge in [-0.25, -0.2) is 4.39 Å². The van der Waals surface area contributed by atoms with Crippen LogP contribution in [0.15, 0.2) is 18.2 Å². The van der Waals surface area contributed by atoms with Crippen LogP contribution in [-0.2, 0) is 11.3 Å². The fourth-order valence-corrected chi connectivity index (χ4v) is 2.40. The minimum Gasteiger partial charge on any atom is -0.377 e. The number of halogens is 1. The van der Waals surface area contributed by atoms with Crippen molar-refractivity contribution in [2.45, 2.75) is 39.4 Å². The lowest BCUT2D eigenvalue weighted by atomic mass is 10.1. The number of rotatable bonds is 4. The lowest BCUT2D eigenvalue weighted by Gasteiger charge is -2.36. The van der Waals surface area contributed by atoms with Gasteiger partial charge >= 0.3 is 0 Å². The second-order valence-electron chi connectivity index (χ2n) is 5.40. The number of hydrogen-bond donors (Lipinski definition) is 1. The smallest absolute Gasteiger partial charge is 0.146 e. The van der Waals surface area contributed by atoms with Crippen LogP contribution in [0.5, 0.6) is 0 Å². The molecule has 1 aliphatic heterocycles. The Morgan fingerprint density at radius 3 is 2.95 bits per heavy atom. The molecule has 0 spiro atoms. The van der Waals surface area contributed by atoms with Crippen LogP contribution in [0.1, 0.15) is 26.3 Å². The zero-order valence-electron chi connectivity index (χ0n) is 11.9. The molecule has 0 aromatic heterocycles. The van der Waals surface area contributed by atoms with Crippen molar-refractivity contribution in [3.8, 4) is 0 Å². The van der Waals surface area contributed by atoms with Gasteiger partial charge in [-0.1, -0.05) is 26.0 Å². The summed E-state index contributed by atoms with van der Waals surface area (Å²) in [5, 5.41) is 3.36. The second-order valence-corrected chi connectivity index (χ2v) is 5.40. The zero-order valence-corrected chi connectivity index (χ0v) is 11.9. The van der Waals surface area contributed by atoms with Gasteiger partial charge in [-0.2, -0.15) is 0 Å². The van der Waals surface area contributed by atoms with Gasteiger partial charge in [0.05, 0.1) is 18.9 Å². The average molecular weight is 266 g/mol. The number of nitrogens with zero attached hydrogens (tertiary/aromatic N) is 1. The Balaban J connectivity index is 2.26. The van der Waals surface area contributed by atoms with Gasteiger partial charge in [0.15, 0.2) is 0 Å². The van der Waals surface area contributed by atoms with Gasteiger partial charge in [-0.05, 0) is 18.6 Å². The van der Waals surface area contributed by atoms with Gasteiger partial charge in [-0.15, -0.1) is 0 Å². The normalized spacial score (nSPS) is 20.1. The molecule has 3 nitrogen and oxygen atoms in total. The van der Waals surface area contributed by atoms with Crippen molar-refractivity contribution >= 4 is 5.69 Å². The van der Waals surface area contributed by atoms with E-state index in [0.717, 1.165) is 17.8 Å². The van der Waals surface area contributed by atoms with Crippen molar-refractivity contribution in [3.63, 3.8) is 0 Å². The van der Waals surface area contributed by atoms with Crippen molar-refractivity contribution in [2.75, 3.05) is 24.7 Å². The highest BCUT2D eigenvalue weighted by atomic mass is 19.1. The number of nitrogens with one attached hydrogen (secondary N) is 1. The molecule has 106 valence electrons. The summed E-state index contributed by atoms with van der Waals surface area (Å²) in [6.45, 7) is 9.02. The van der Waals surface area contributed by atoms with E-state index in [1.165, 1.54) is 6.07 Å². The number of anilines is 1. The summed E-state index contributed by atoms with van der Waals surface area (Å²) >= 11 is 0. The molecule has 1 unspecified atom stereocenters. The molecule has 1 aliphatic rings. The first kappa shape index (κ1) is 14.3. The molecule has 0 aliphatic carbocycles. The average Bonchev–Trinajstić information content (AvgIpc) is 2.37. The second kappa shape index (κ2) is 6.35. The van der Waals surface area contributed by atoms with Gasteiger partial charge < -0.3 is 15.0 Å². The fraction of sp³-hybridized carbons (Fsp3) is 0.600. The van der Waals surface area contributed by atoms with Gasteiger partial charge in [0, 0.05) is 25.2 Å². The summed E-state index contributed by atoms with van der Waals surface area (Å²) in [4.78, 5) is 2.12. The van der Waals surface area contributed by atoms with Crippen LogP contribution in [0.25, 0.3) is 0 Å². The fourth-order valence-electron chi connectivity index (χ4n) is 2.40. The van der Waals surface area contributed by atoms with Gasteiger partial charge in [-0.3, -0.25) is 0 Å². The minimum atomic E-state index is -0.142. The molecule has 1 N–H and O–H groups in total. The minimum absolute atomic E-state index is 0.142. The van der Waals surface area contributed by atoms with Crippen molar-refractivity contribution in [1.29, 1.82) is 0 Å². The first-order chi connectivity index (χ1) is 9.09. The maximum atomic E-state index is 14.2. The number of ether oxygens (including phenoxy) is 1. The summed E-state index contributed by atoms with van der Waals surface area (Å²) in [5.41, 5.74) is 1.74. The summed E-state index contributed by atoms with van der Waals surface area (Å²) in [6, 6.07) is 5.91. The standard InChI is InChI=1S/C15H23FN2O/c1-11(2)17-9-13-5-4-6-14(16)15(13)18-7-8-19-10-12(18)3/h4-6,11-12,17H,7-10H2,1-3H3. The van der Waals surface area contributed by atoms with E-state index in [1.807, 2.05) is 6.07 Å². The lowest BCUT2D eigenvalue weighted by Crippen LogP contribution is -2.44. The van der Waals surface area contributed by atoms with Crippen molar-refractivity contribution in [2.24, 2.45) is 0 Å². The summed E-state index contributed by atoms with van der Waals surface area (Å²) in [5.74, 6) is -0.142. The van der Waals surface area contributed by atoms with Crippen LogP contribution < -0.4 is 10.2 Å². The highest BCUT2D eigenvalue weighted by Gasteiger charge is 2.24. The Labute approximate surface area is 114 Å². The molecule has 1 aromatic carbocycles. The maximum absolute atomic E-state index is 14.2. The predicted molar refractivity (Wildman–Crippen MR) is 76.0 cm³/mol. The molecule has 0 bridgehead atoms. The van der Waals surface area contributed by atoms with Crippen LogP contribution in [0.2, 0.25) is 0 Å². The molecule has 0 radical (unpaired) electrons. The molecule has 1 heterocycles. The van der Waals surface area contributed by atoms with E-state index in [9.17, 15) is 4.39 Å². The van der Waals surface area contributed by atoms with E-state index in [0.29, 0.717) is 25.8 Å². The molecule has 4 heteroatoms. The third-order valence-corrected chi connectivity index (χ3v) is 3.43. The molecule has 0 saturated carbocycles. The van der Waals surface area contributed by atoms with Crippen LogP contribution in [-0.4, -0.2) is 31.8 Å². The monoisotopic (exact) mass is 266 g/mol. The van der Waals surface area contributed by atoms with E-state index in [1.54, 1.807) is 6.07 Å². The Bertz CT molecular complexity index is 423. The molecule has 1 fully saturated rings. The van der Waals surface area contributed by atoms with E-state index >= 15 is 0 Å². The Morgan fingerprint density at radius 2 is 2.26 bits per heavy atom. The largest absolute Gasteiger partial charge is 0.377 e. The van der Waals surface area contributed by atoms with Crippen LogP contribution >= 0.6 is 0 Å². The molecule has 1 saturated heterocycles. The van der Waals surface area contributed by atoms with Gasteiger partial charge in [0.1, 0.15) is 5.82 Å². The number of hydrogen-bond acceptors (Lipinski definition) is 3. The van der Waals surface area contributed by atoms with Crippen molar-refractivity contribution in [1.82, 2.24) is 5.32 Å². The summed E-state index contributed by atoms with van der Waals surface area (Å²) in [7, 11) is 0. The molecule has 2 rings (SSSR count). The molecule has 0 amide bonds. The van der Waals surface area contributed by atoms with Gasteiger partial charge in [0.2, 0.25) is 0 Å². The molecule has 1 atom stereocenters. The van der Waals surface area contributed by atoms with Crippen molar-refractivity contribution < 1.29 is 9.13 Å². The van der Waals surface area contributed by atoms with E-state index in [-0.39, 0.29) is 11.9 Å². The third kappa shape index (κ3) is 3.45. The molecular weight excluding hydrogens is 243 g/mol. The lowest BCUT2D eigenvalue weighted by molar-refractivity contribution is 0.0985. The topological polar surface area (TPSA) is 24.5 Å². The highest BCUT2D eigenvalue weighted by molar-refractivity contribution is 5.56. The van der Waals surface area contributed by atoms with E-state index < -0.39 is 0 Å². The van der Waals surface area contributed by atoms with Gasteiger partial charge in [0.25, 0.3) is 0 Å². The Morgan fingerprint density at radius 1 is 1.47 bits per heavy atom. The first-order valence-electron chi connectivity index (χ1n) is 6.94. The number of benzene rings is 1. The maximum Gasteiger partial charge on any atom is 0.146 e.